The highest BCUT2D eigenvalue weighted by atomic mass is 127. The number of rotatable bonds is 4. The number of allylic oxidation sites excluding steroid dienone is 1. The Morgan fingerprint density at radius 3 is 3.07 bits per heavy atom. The molecule has 1 aromatic heterocycles. The molecular formula is C11H12IN3. The van der Waals surface area contributed by atoms with Gasteiger partial charge in [0.25, 0.3) is 0 Å². The third kappa shape index (κ3) is 3.47. The number of hydrogen-bond acceptors (Lipinski definition) is 3. The molecule has 0 aromatic carbocycles. The molecule has 0 bridgehead atoms. The first-order chi connectivity index (χ1) is 7.29. The van der Waals surface area contributed by atoms with Crippen LogP contribution >= 0.6 is 22.6 Å². The number of nitrogens with one attached hydrogen (secondary N) is 1. The normalized spacial score (nSPS) is 11.7. The predicted molar refractivity (Wildman–Crippen MR) is 72.7 cm³/mol. The van der Waals surface area contributed by atoms with Gasteiger partial charge in [0.2, 0.25) is 0 Å². The van der Waals surface area contributed by atoms with Gasteiger partial charge < -0.3 is 5.32 Å². The maximum Gasteiger partial charge on any atom is 0.0494 e. The number of pyridine rings is 1. The highest BCUT2D eigenvalue weighted by Crippen LogP contribution is 2.17. The monoisotopic (exact) mass is 313 g/mol. The van der Waals surface area contributed by atoms with Crippen LogP contribution in [0.2, 0.25) is 0 Å². The van der Waals surface area contributed by atoms with Crippen molar-refractivity contribution in [2.75, 3.05) is 7.05 Å². The summed E-state index contributed by atoms with van der Waals surface area (Å²) in [5.74, 6) is 0. The van der Waals surface area contributed by atoms with Gasteiger partial charge in [-0.05, 0) is 40.9 Å². The zero-order valence-electron chi connectivity index (χ0n) is 8.44. The molecule has 1 rings (SSSR count). The van der Waals surface area contributed by atoms with Crippen molar-refractivity contribution in [1.29, 1.82) is 0 Å². The molecular weight excluding hydrogens is 301 g/mol. The Morgan fingerprint density at radius 2 is 2.47 bits per heavy atom. The summed E-state index contributed by atoms with van der Waals surface area (Å²) in [6, 6.07) is 1.96. The van der Waals surface area contributed by atoms with Crippen LogP contribution in [-0.4, -0.2) is 18.2 Å². The molecule has 0 radical (unpaired) electrons. The van der Waals surface area contributed by atoms with Gasteiger partial charge in [-0.25, -0.2) is 0 Å². The number of halogens is 1. The first kappa shape index (κ1) is 11.9. The van der Waals surface area contributed by atoms with Crippen LogP contribution < -0.4 is 5.32 Å². The third-order valence-electron chi connectivity index (χ3n) is 1.71. The first-order valence-corrected chi connectivity index (χ1v) is 5.47. The molecule has 1 N–H and O–H groups in total. The van der Waals surface area contributed by atoms with E-state index in [1.165, 1.54) is 0 Å². The molecule has 1 heterocycles. The Balaban J connectivity index is 3.09. The van der Waals surface area contributed by atoms with E-state index in [1.807, 2.05) is 18.3 Å². The summed E-state index contributed by atoms with van der Waals surface area (Å²) in [6.07, 6.45) is 8.84. The highest BCUT2D eigenvalue weighted by molar-refractivity contribution is 14.1. The summed E-state index contributed by atoms with van der Waals surface area (Å²) in [5.41, 5.74) is 1.98. The largest absolute Gasteiger partial charge is 0.362 e. The van der Waals surface area contributed by atoms with E-state index in [0.717, 1.165) is 14.8 Å². The lowest BCUT2D eigenvalue weighted by atomic mass is 10.2. The second-order valence-electron chi connectivity index (χ2n) is 2.69. The lowest BCUT2D eigenvalue weighted by Gasteiger charge is -2.07. The van der Waals surface area contributed by atoms with Gasteiger partial charge in [-0.3, -0.25) is 9.98 Å². The van der Waals surface area contributed by atoms with Gasteiger partial charge in [0.15, 0.2) is 0 Å². The fourth-order valence-electron chi connectivity index (χ4n) is 1.05. The van der Waals surface area contributed by atoms with E-state index in [9.17, 15) is 0 Å². The Bertz CT molecular complexity index is 397. The van der Waals surface area contributed by atoms with Crippen molar-refractivity contribution in [1.82, 2.24) is 10.3 Å². The average Bonchev–Trinajstić information content (AvgIpc) is 2.25. The Kier molecular flexibility index (Phi) is 5.03. The highest BCUT2D eigenvalue weighted by Gasteiger charge is 2.03. The summed E-state index contributed by atoms with van der Waals surface area (Å²) < 4.78 is 1.13. The zero-order valence-corrected chi connectivity index (χ0v) is 10.6. The molecule has 0 saturated heterocycles. The van der Waals surface area contributed by atoms with Crippen molar-refractivity contribution in [2.45, 2.75) is 0 Å². The molecule has 0 atom stereocenters. The molecule has 0 fully saturated rings. The van der Waals surface area contributed by atoms with Crippen LogP contribution in [0.4, 0.5) is 0 Å². The minimum atomic E-state index is 0.938. The summed E-state index contributed by atoms with van der Waals surface area (Å²) in [4.78, 5) is 8.01. The molecule has 0 saturated carbocycles. The molecule has 0 spiro atoms. The molecule has 0 aliphatic heterocycles. The first-order valence-electron chi connectivity index (χ1n) is 4.39. The van der Waals surface area contributed by atoms with Crippen LogP contribution in [0, 0.1) is 3.57 Å². The van der Waals surface area contributed by atoms with Crippen LogP contribution in [0.15, 0.2) is 42.3 Å². The van der Waals surface area contributed by atoms with Crippen LogP contribution in [0.3, 0.4) is 0 Å². The van der Waals surface area contributed by atoms with Crippen LogP contribution in [0.1, 0.15) is 5.56 Å². The van der Waals surface area contributed by atoms with Crippen molar-refractivity contribution in [3.63, 3.8) is 0 Å². The Hall–Kier alpha value is -1.17. The number of aromatic nitrogens is 1. The minimum absolute atomic E-state index is 0.938. The van der Waals surface area contributed by atoms with Gasteiger partial charge in [0, 0.05) is 40.5 Å². The molecule has 0 unspecified atom stereocenters. The summed E-state index contributed by atoms with van der Waals surface area (Å²) in [7, 11) is 1.73. The zero-order chi connectivity index (χ0) is 11.1. The van der Waals surface area contributed by atoms with Crippen LogP contribution in [-0.2, 0) is 0 Å². The van der Waals surface area contributed by atoms with Crippen molar-refractivity contribution in [3.8, 4) is 0 Å². The van der Waals surface area contributed by atoms with E-state index >= 15 is 0 Å². The van der Waals surface area contributed by atoms with E-state index in [0.29, 0.717) is 0 Å². The predicted octanol–water partition coefficient (Wildman–Crippen LogP) is 2.46. The summed E-state index contributed by atoms with van der Waals surface area (Å²) >= 11 is 2.27. The molecule has 0 aliphatic rings. The second kappa shape index (κ2) is 6.34. The van der Waals surface area contributed by atoms with Crippen molar-refractivity contribution < 1.29 is 0 Å². The lowest BCUT2D eigenvalue weighted by Crippen LogP contribution is -2.05. The molecule has 78 valence electrons. The summed E-state index contributed by atoms with van der Waals surface area (Å²) in [6.45, 7) is 3.64. The van der Waals surface area contributed by atoms with Crippen molar-refractivity contribution in [3.05, 3.63) is 46.4 Å². The van der Waals surface area contributed by atoms with Gasteiger partial charge in [0.05, 0.1) is 0 Å². The fourth-order valence-corrected chi connectivity index (χ4v) is 1.64. The third-order valence-corrected chi connectivity index (χ3v) is 2.65. The van der Waals surface area contributed by atoms with Gasteiger partial charge in [-0.1, -0.05) is 6.58 Å². The van der Waals surface area contributed by atoms with Gasteiger partial charge in [0.1, 0.15) is 0 Å². The molecule has 3 nitrogen and oxygen atoms in total. The smallest absolute Gasteiger partial charge is 0.0494 e. The molecule has 0 aliphatic carbocycles. The van der Waals surface area contributed by atoms with Crippen LogP contribution in [0.25, 0.3) is 5.70 Å². The second-order valence-corrected chi connectivity index (χ2v) is 3.85. The van der Waals surface area contributed by atoms with E-state index in [-0.39, 0.29) is 0 Å². The van der Waals surface area contributed by atoms with Gasteiger partial charge in [-0.2, -0.15) is 0 Å². The van der Waals surface area contributed by atoms with Crippen LogP contribution in [0.5, 0.6) is 0 Å². The minimum Gasteiger partial charge on any atom is -0.362 e. The van der Waals surface area contributed by atoms with Crippen molar-refractivity contribution >= 4 is 34.5 Å². The van der Waals surface area contributed by atoms with Crippen molar-refractivity contribution in [2.24, 2.45) is 4.99 Å². The lowest BCUT2D eigenvalue weighted by molar-refractivity contribution is 1.19. The Morgan fingerprint density at radius 1 is 1.67 bits per heavy atom. The van der Waals surface area contributed by atoms with Gasteiger partial charge in [-0.15, -0.1) is 0 Å². The van der Waals surface area contributed by atoms with E-state index in [2.05, 4.69) is 44.5 Å². The number of hydrogen-bond donors (Lipinski definition) is 1. The summed E-state index contributed by atoms with van der Waals surface area (Å²) in [5, 5.41) is 3.06. The molecule has 15 heavy (non-hydrogen) atoms. The SMILES string of the molecule is C=CNC(=CC=NC)c1cnccc1I. The number of aliphatic imine (C=N–C) groups is 1. The molecule has 1 aromatic rings. The molecule has 4 heteroatoms. The van der Waals surface area contributed by atoms with Gasteiger partial charge >= 0.3 is 0 Å². The van der Waals surface area contributed by atoms with E-state index < -0.39 is 0 Å². The number of nitrogens with zero attached hydrogens (tertiary/aromatic N) is 2. The maximum absolute atomic E-state index is 4.09. The average molecular weight is 313 g/mol. The van der Waals surface area contributed by atoms with E-state index in [4.69, 9.17) is 0 Å². The molecule has 0 amide bonds. The quantitative estimate of drug-likeness (QED) is 0.685. The standard InChI is InChI=1S/C11H12IN3/c1-3-15-11(5-6-13-2)9-8-14-7-4-10(9)12/h3-8,15H,1H2,2H3. The topological polar surface area (TPSA) is 37.3 Å². The Labute approximate surface area is 103 Å². The van der Waals surface area contributed by atoms with E-state index in [1.54, 1.807) is 25.7 Å². The maximum atomic E-state index is 4.09. The fraction of sp³-hybridized carbons (Fsp3) is 0.0909.